The van der Waals surface area contributed by atoms with Crippen LogP contribution in [0, 0.1) is 23.0 Å². The fraction of sp³-hybridized carbons (Fsp3) is 0.316. The predicted molar refractivity (Wildman–Crippen MR) is 107 cm³/mol. The van der Waals surface area contributed by atoms with Crippen LogP contribution in [-0.2, 0) is 14.8 Å². The maximum atomic E-state index is 12.8. The van der Waals surface area contributed by atoms with Crippen LogP contribution in [0.2, 0.25) is 0 Å². The van der Waals surface area contributed by atoms with Crippen LogP contribution >= 0.6 is 0 Å². The van der Waals surface area contributed by atoms with Gasteiger partial charge in [0.2, 0.25) is 11.9 Å². The number of hydrogen-bond donors (Lipinski definition) is 2. The number of amides is 1. The minimum Gasteiger partial charge on any atom is -0.494 e. The van der Waals surface area contributed by atoms with E-state index in [0.717, 1.165) is 0 Å². The second-order valence-electron chi connectivity index (χ2n) is 6.73. The molecule has 0 radical (unpaired) electrons. The van der Waals surface area contributed by atoms with E-state index < -0.39 is 32.8 Å². The van der Waals surface area contributed by atoms with E-state index in [0.29, 0.717) is 23.6 Å². The lowest BCUT2D eigenvalue weighted by Crippen LogP contribution is -2.19. The van der Waals surface area contributed by atoms with E-state index in [-0.39, 0.29) is 17.0 Å². The molecule has 10 heteroatoms. The first-order valence-corrected chi connectivity index (χ1v) is 10.5. The van der Waals surface area contributed by atoms with Crippen LogP contribution in [0.25, 0.3) is 0 Å². The first-order chi connectivity index (χ1) is 13.7. The fourth-order valence-corrected chi connectivity index (χ4v) is 4.23. The van der Waals surface area contributed by atoms with Gasteiger partial charge in [-0.15, -0.1) is 0 Å². The summed E-state index contributed by atoms with van der Waals surface area (Å²) in [6.45, 7) is 4.00. The molecule has 0 unspecified atom stereocenters. The van der Waals surface area contributed by atoms with Crippen molar-refractivity contribution in [3.8, 4) is 5.75 Å². The standard InChI is InChI=1S/C19H21N3O6S/c1-3-28-15-8-6-13(7-9-15)21-29(26,27)18-10-14(5-4-12(18)2)20-19(23)16-11-17(16)22(24)25/h4-10,16-17,21H,3,11H2,1-2H3,(H,20,23)/t16-,17-/m1/s1. The molecular formula is C19H21N3O6S. The van der Waals surface area contributed by atoms with Crippen LogP contribution in [0.1, 0.15) is 18.9 Å². The van der Waals surface area contributed by atoms with Crippen molar-refractivity contribution in [2.24, 2.45) is 5.92 Å². The van der Waals surface area contributed by atoms with Gasteiger partial charge in [0, 0.05) is 22.7 Å². The Hall–Kier alpha value is -3.14. The Balaban J connectivity index is 1.75. The van der Waals surface area contributed by atoms with Crippen molar-refractivity contribution in [2.45, 2.75) is 31.2 Å². The van der Waals surface area contributed by atoms with Crippen LogP contribution in [-0.4, -0.2) is 31.9 Å². The van der Waals surface area contributed by atoms with Gasteiger partial charge in [-0.05, 0) is 55.8 Å². The SMILES string of the molecule is CCOc1ccc(NS(=O)(=O)c2cc(NC(=O)[C@@H]3C[C@H]3[N+](=O)[O-])ccc2C)cc1. The summed E-state index contributed by atoms with van der Waals surface area (Å²) in [4.78, 5) is 22.4. The van der Waals surface area contributed by atoms with Gasteiger partial charge >= 0.3 is 0 Å². The zero-order valence-corrected chi connectivity index (χ0v) is 16.7. The highest BCUT2D eigenvalue weighted by Gasteiger charge is 2.53. The van der Waals surface area contributed by atoms with Crippen molar-refractivity contribution in [3.63, 3.8) is 0 Å². The number of nitrogens with one attached hydrogen (secondary N) is 2. The number of ether oxygens (including phenoxy) is 1. The molecule has 0 aromatic heterocycles. The molecule has 2 aromatic rings. The third kappa shape index (κ3) is 4.83. The molecular weight excluding hydrogens is 398 g/mol. The molecule has 154 valence electrons. The fourth-order valence-electron chi connectivity index (χ4n) is 2.89. The van der Waals surface area contributed by atoms with E-state index in [9.17, 15) is 23.3 Å². The number of benzene rings is 2. The van der Waals surface area contributed by atoms with E-state index >= 15 is 0 Å². The molecule has 3 rings (SSSR count). The lowest BCUT2D eigenvalue weighted by molar-refractivity contribution is -0.497. The van der Waals surface area contributed by atoms with Crippen molar-refractivity contribution in [1.29, 1.82) is 0 Å². The zero-order chi connectivity index (χ0) is 21.2. The highest BCUT2D eigenvalue weighted by atomic mass is 32.2. The highest BCUT2D eigenvalue weighted by molar-refractivity contribution is 7.92. The Morgan fingerprint density at radius 2 is 1.86 bits per heavy atom. The van der Waals surface area contributed by atoms with Crippen molar-refractivity contribution < 1.29 is 22.9 Å². The maximum absolute atomic E-state index is 12.8. The molecule has 1 saturated carbocycles. The molecule has 0 saturated heterocycles. The third-order valence-electron chi connectivity index (χ3n) is 4.53. The van der Waals surface area contributed by atoms with Crippen LogP contribution in [0.5, 0.6) is 5.75 Å². The van der Waals surface area contributed by atoms with Gasteiger partial charge in [-0.25, -0.2) is 8.42 Å². The molecule has 1 aliphatic carbocycles. The topological polar surface area (TPSA) is 128 Å². The number of sulfonamides is 1. The van der Waals surface area contributed by atoms with Crippen LogP contribution < -0.4 is 14.8 Å². The van der Waals surface area contributed by atoms with Gasteiger partial charge in [-0.3, -0.25) is 19.6 Å². The smallest absolute Gasteiger partial charge is 0.262 e. The quantitative estimate of drug-likeness (QED) is 0.500. The summed E-state index contributed by atoms with van der Waals surface area (Å²) >= 11 is 0. The highest BCUT2D eigenvalue weighted by Crippen LogP contribution is 2.34. The van der Waals surface area contributed by atoms with Gasteiger partial charge in [0.05, 0.1) is 11.5 Å². The number of anilines is 2. The number of carbonyl (C=O) groups is 1. The summed E-state index contributed by atoms with van der Waals surface area (Å²) in [7, 11) is -3.91. The number of carbonyl (C=O) groups excluding carboxylic acids is 1. The van der Waals surface area contributed by atoms with Gasteiger partial charge in [0.1, 0.15) is 11.7 Å². The van der Waals surface area contributed by atoms with Crippen molar-refractivity contribution in [1.82, 2.24) is 0 Å². The predicted octanol–water partition coefficient (Wildman–Crippen LogP) is 2.80. The summed E-state index contributed by atoms with van der Waals surface area (Å²) in [5.41, 5.74) is 1.13. The summed E-state index contributed by atoms with van der Waals surface area (Å²) < 4.78 is 33.5. The Kier molecular flexibility index (Phi) is 5.73. The first-order valence-electron chi connectivity index (χ1n) is 9.02. The third-order valence-corrected chi connectivity index (χ3v) is 6.05. The minimum absolute atomic E-state index is 0.00538. The molecule has 1 fully saturated rings. The maximum Gasteiger partial charge on any atom is 0.262 e. The summed E-state index contributed by atoms with van der Waals surface area (Å²) in [5, 5.41) is 13.3. The second-order valence-corrected chi connectivity index (χ2v) is 8.38. The number of hydrogen-bond acceptors (Lipinski definition) is 6. The van der Waals surface area contributed by atoms with Gasteiger partial charge in [0.25, 0.3) is 10.0 Å². The molecule has 1 amide bonds. The van der Waals surface area contributed by atoms with Gasteiger partial charge < -0.3 is 10.1 Å². The van der Waals surface area contributed by atoms with Gasteiger partial charge in [-0.1, -0.05) is 6.07 Å². The first kappa shape index (κ1) is 20.6. The monoisotopic (exact) mass is 419 g/mol. The van der Waals surface area contributed by atoms with Crippen molar-refractivity contribution >= 4 is 27.3 Å². The van der Waals surface area contributed by atoms with E-state index in [2.05, 4.69) is 10.0 Å². The summed E-state index contributed by atoms with van der Waals surface area (Å²) in [6.07, 6.45) is 0.190. The number of aryl methyl sites for hydroxylation is 1. The molecule has 0 aliphatic heterocycles. The lowest BCUT2D eigenvalue weighted by atomic mass is 10.2. The Morgan fingerprint density at radius 1 is 1.21 bits per heavy atom. The molecule has 2 N–H and O–H groups in total. The molecule has 0 bridgehead atoms. The minimum atomic E-state index is -3.91. The van der Waals surface area contributed by atoms with E-state index in [1.165, 1.54) is 6.07 Å². The van der Waals surface area contributed by atoms with E-state index in [1.54, 1.807) is 43.3 Å². The molecule has 2 atom stereocenters. The Bertz CT molecular complexity index is 1040. The Labute approximate surface area is 168 Å². The molecule has 29 heavy (non-hydrogen) atoms. The Morgan fingerprint density at radius 3 is 2.45 bits per heavy atom. The van der Waals surface area contributed by atoms with Gasteiger partial charge in [0.15, 0.2) is 0 Å². The molecule has 9 nitrogen and oxygen atoms in total. The number of nitro groups is 1. The molecule has 0 spiro atoms. The average Bonchev–Trinajstić information content (AvgIpc) is 3.46. The zero-order valence-electron chi connectivity index (χ0n) is 15.9. The van der Waals surface area contributed by atoms with Crippen molar-refractivity contribution in [2.75, 3.05) is 16.6 Å². The largest absolute Gasteiger partial charge is 0.494 e. The molecule has 0 heterocycles. The molecule has 2 aromatic carbocycles. The second kappa shape index (κ2) is 8.08. The average molecular weight is 419 g/mol. The number of rotatable bonds is 8. The van der Waals surface area contributed by atoms with E-state index in [4.69, 9.17) is 4.74 Å². The lowest BCUT2D eigenvalue weighted by Gasteiger charge is -2.13. The normalized spacial score (nSPS) is 18.0. The van der Waals surface area contributed by atoms with Crippen molar-refractivity contribution in [3.05, 3.63) is 58.1 Å². The number of nitrogens with zero attached hydrogens (tertiary/aromatic N) is 1. The molecule has 1 aliphatic rings. The summed E-state index contributed by atoms with van der Waals surface area (Å²) in [5.74, 6) is -0.545. The van der Waals surface area contributed by atoms with Gasteiger partial charge in [-0.2, -0.15) is 0 Å². The van der Waals surface area contributed by atoms with Crippen LogP contribution in [0.15, 0.2) is 47.4 Å². The van der Waals surface area contributed by atoms with Crippen LogP contribution in [0.3, 0.4) is 0 Å². The van der Waals surface area contributed by atoms with E-state index in [1.807, 2.05) is 6.92 Å². The summed E-state index contributed by atoms with van der Waals surface area (Å²) in [6, 6.07) is 10.1. The van der Waals surface area contributed by atoms with Crippen LogP contribution in [0.4, 0.5) is 11.4 Å².